The van der Waals surface area contributed by atoms with Gasteiger partial charge in [-0.2, -0.15) is 0 Å². The van der Waals surface area contributed by atoms with Gasteiger partial charge in [0.05, 0.1) is 20.0 Å². The molecule has 1 saturated carbocycles. The lowest BCUT2D eigenvalue weighted by molar-refractivity contribution is -0.134. The number of hydrogen-bond acceptors (Lipinski definition) is 5. The topological polar surface area (TPSA) is 93.5 Å². The number of benzene rings is 1. The first kappa shape index (κ1) is 22.9. The van der Waals surface area contributed by atoms with Gasteiger partial charge in [-0.15, -0.1) is 0 Å². The number of nitrogens with one attached hydrogen (secondary N) is 1. The van der Waals surface area contributed by atoms with Gasteiger partial charge in [-0.05, 0) is 37.5 Å². The molecule has 33 heavy (non-hydrogen) atoms. The first-order valence-electron chi connectivity index (χ1n) is 11.3. The predicted octanol–water partition coefficient (Wildman–Crippen LogP) is 3.06. The second-order valence-corrected chi connectivity index (χ2v) is 9.01. The molecule has 4 rings (SSSR count). The van der Waals surface area contributed by atoms with Crippen molar-refractivity contribution in [1.82, 2.24) is 19.8 Å². The highest BCUT2D eigenvalue weighted by molar-refractivity contribution is 6.06. The van der Waals surface area contributed by atoms with Crippen LogP contribution in [0.25, 0.3) is 0 Å². The number of ether oxygens (including phenoxy) is 1. The zero-order valence-electron chi connectivity index (χ0n) is 19.0. The summed E-state index contributed by atoms with van der Waals surface area (Å²) in [4.78, 5) is 45.0. The highest BCUT2D eigenvalue weighted by Crippen LogP contribution is 2.31. The molecule has 1 atom stereocenters. The molecule has 2 amide bonds. The second-order valence-electron chi connectivity index (χ2n) is 9.01. The molecule has 2 aliphatic rings. The number of methoxy groups -OCH3 is 1. The normalized spacial score (nSPS) is 21.3. The Kier molecular flexibility index (Phi) is 6.49. The fourth-order valence-electron chi connectivity index (χ4n) is 4.72. The summed E-state index contributed by atoms with van der Waals surface area (Å²) in [6, 6.07) is 5.86. The molecule has 1 N–H and O–H groups in total. The van der Waals surface area contributed by atoms with Crippen LogP contribution in [0.5, 0.6) is 0 Å². The number of halogens is 1. The van der Waals surface area contributed by atoms with Crippen molar-refractivity contribution < 1.29 is 23.5 Å². The number of carbonyl (C=O) groups is 3. The van der Waals surface area contributed by atoms with E-state index < -0.39 is 17.4 Å². The van der Waals surface area contributed by atoms with Crippen molar-refractivity contribution >= 4 is 17.8 Å². The molecular weight excluding hydrogens is 427 g/mol. The molecule has 2 heterocycles. The molecule has 1 fully saturated rings. The Hall–Kier alpha value is -3.23. The van der Waals surface area contributed by atoms with E-state index in [1.54, 1.807) is 23.6 Å². The molecule has 1 aromatic carbocycles. The number of carbonyl (C=O) groups excluding carboxylic acids is 3. The van der Waals surface area contributed by atoms with Gasteiger partial charge in [0, 0.05) is 12.6 Å². The zero-order chi connectivity index (χ0) is 23.6. The highest BCUT2D eigenvalue weighted by Gasteiger charge is 2.49. The third-order valence-electron chi connectivity index (χ3n) is 6.67. The summed E-state index contributed by atoms with van der Waals surface area (Å²) in [6.45, 7) is 1.94. The number of imidazole rings is 1. The van der Waals surface area contributed by atoms with E-state index in [2.05, 4.69) is 10.3 Å². The van der Waals surface area contributed by atoms with Gasteiger partial charge in [-0.1, -0.05) is 37.8 Å². The van der Waals surface area contributed by atoms with Crippen molar-refractivity contribution in [3.8, 4) is 0 Å². The van der Waals surface area contributed by atoms with E-state index in [0.717, 1.165) is 38.5 Å². The molecule has 0 radical (unpaired) electrons. The van der Waals surface area contributed by atoms with Gasteiger partial charge in [0.25, 0.3) is 5.91 Å². The van der Waals surface area contributed by atoms with Gasteiger partial charge >= 0.3 is 5.97 Å². The molecule has 2 aromatic rings. The quantitative estimate of drug-likeness (QED) is 0.551. The van der Waals surface area contributed by atoms with E-state index in [-0.39, 0.29) is 42.2 Å². The van der Waals surface area contributed by atoms with E-state index in [0.29, 0.717) is 5.56 Å². The van der Waals surface area contributed by atoms with Crippen LogP contribution in [0.1, 0.15) is 72.0 Å². The van der Waals surface area contributed by atoms with Crippen LogP contribution in [-0.2, 0) is 22.6 Å². The van der Waals surface area contributed by atoms with E-state index in [4.69, 9.17) is 4.74 Å². The van der Waals surface area contributed by atoms with Crippen LogP contribution in [0.4, 0.5) is 4.39 Å². The van der Waals surface area contributed by atoms with Crippen molar-refractivity contribution in [1.29, 1.82) is 0 Å². The number of amides is 2. The monoisotopic (exact) mass is 456 g/mol. The third-order valence-corrected chi connectivity index (χ3v) is 6.67. The predicted molar refractivity (Wildman–Crippen MR) is 118 cm³/mol. The lowest BCUT2D eigenvalue weighted by Crippen LogP contribution is -2.64. The Morgan fingerprint density at radius 1 is 1.18 bits per heavy atom. The van der Waals surface area contributed by atoms with Crippen LogP contribution in [-0.4, -0.2) is 50.9 Å². The fourth-order valence-corrected chi connectivity index (χ4v) is 4.72. The van der Waals surface area contributed by atoms with Gasteiger partial charge < -0.3 is 19.5 Å². The number of aromatic nitrogens is 2. The van der Waals surface area contributed by atoms with Gasteiger partial charge in [-0.25, -0.2) is 14.2 Å². The molecule has 0 unspecified atom stereocenters. The Bertz CT molecular complexity index is 1040. The summed E-state index contributed by atoms with van der Waals surface area (Å²) in [5.74, 6) is -1.85. The lowest BCUT2D eigenvalue weighted by atomic mass is 9.92. The van der Waals surface area contributed by atoms with Crippen molar-refractivity contribution in [2.45, 2.75) is 70.1 Å². The molecular formula is C24H29FN4O4. The average molecular weight is 457 g/mol. The van der Waals surface area contributed by atoms with Crippen LogP contribution < -0.4 is 5.32 Å². The van der Waals surface area contributed by atoms with Crippen molar-refractivity contribution in [2.24, 2.45) is 0 Å². The fraction of sp³-hybridized carbons (Fsp3) is 0.500. The number of hydrogen-bond donors (Lipinski definition) is 1. The molecule has 0 bridgehead atoms. The summed E-state index contributed by atoms with van der Waals surface area (Å²) >= 11 is 0. The minimum atomic E-state index is -1.22. The number of esters is 1. The van der Waals surface area contributed by atoms with Crippen LogP contribution in [0.2, 0.25) is 0 Å². The summed E-state index contributed by atoms with van der Waals surface area (Å²) in [5, 5.41) is 3.17. The highest BCUT2D eigenvalue weighted by atomic mass is 19.1. The van der Waals surface area contributed by atoms with Crippen molar-refractivity contribution in [3.63, 3.8) is 0 Å². The Balaban J connectivity index is 1.69. The van der Waals surface area contributed by atoms with E-state index in [1.807, 2.05) is 0 Å². The molecule has 8 nitrogen and oxygen atoms in total. The first-order valence-corrected chi connectivity index (χ1v) is 11.3. The van der Waals surface area contributed by atoms with Gasteiger partial charge in [0.2, 0.25) is 5.91 Å². The molecule has 1 aliphatic heterocycles. The van der Waals surface area contributed by atoms with Gasteiger partial charge in [-0.3, -0.25) is 9.59 Å². The first-order chi connectivity index (χ1) is 15.8. The van der Waals surface area contributed by atoms with Crippen molar-refractivity contribution in [2.75, 3.05) is 7.11 Å². The molecule has 1 aliphatic carbocycles. The maximum Gasteiger partial charge on any atom is 0.359 e. The Morgan fingerprint density at radius 2 is 1.85 bits per heavy atom. The molecule has 9 heteroatoms. The summed E-state index contributed by atoms with van der Waals surface area (Å²) in [7, 11) is 1.22. The van der Waals surface area contributed by atoms with Crippen LogP contribution >= 0.6 is 0 Å². The van der Waals surface area contributed by atoms with E-state index in [9.17, 15) is 18.8 Å². The van der Waals surface area contributed by atoms with Crippen molar-refractivity contribution in [3.05, 3.63) is 53.4 Å². The number of rotatable bonds is 5. The maximum absolute atomic E-state index is 13.7. The molecule has 0 spiro atoms. The number of fused-ring (bicyclic) bond motifs is 1. The maximum atomic E-state index is 13.7. The third kappa shape index (κ3) is 4.49. The Morgan fingerprint density at radius 3 is 2.48 bits per heavy atom. The smallest absolute Gasteiger partial charge is 0.359 e. The Labute approximate surface area is 192 Å². The average Bonchev–Trinajstić information content (AvgIpc) is 3.05. The molecule has 176 valence electrons. The minimum absolute atomic E-state index is 0.0643. The largest absolute Gasteiger partial charge is 0.464 e. The van der Waals surface area contributed by atoms with Gasteiger partial charge in [0.1, 0.15) is 17.1 Å². The minimum Gasteiger partial charge on any atom is -0.464 e. The summed E-state index contributed by atoms with van der Waals surface area (Å²) < 4.78 is 19.8. The standard InChI is InChI=1S/C24H29FN4O4/c1-24(23(32)27-18-7-5-3-4-6-8-18)14-28-15-26-19(22(31)33-2)20(28)21(30)29(24)13-16-9-11-17(25)12-10-16/h9-12,15,18H,3-8,13-14H2,1-2H3,(H,27,32)/t24-/m1/s1. The van der Waals surface area contributed by atoms with Crippen LogP contribution in [0.15, 0.2) is 30.6 Å². The summed E-state index contributed by atoms with van der Waals surface area (Å²) in [6.07, 6.45) is 7.67. The van der Waals surface area contributed by atoms with E-state index in [1.165, 1.54) is 30.5 Å². The lowest BCUT2D eigenvalue weighted by Gasteiger charge is -2.44. The number of nitrogens with zero attached hydrogens (tertiary/aromatic N) is 3. The molecule has 0 saturated heterocycles. The second kappa shape index (κ2) is 9.33. The zero-order valence-corrected chi connectivity index (χ0v) is 19.0. The summed E-state index contributed by atoms with van der Waals surface area (Å²) in [5.41, 5.74) is -0.550. The van der Waals surface area contributed by atoms with Gasteiger partial charge in [0.15, 0.2) is 5.69 Å². The molecule has 1 aromatic heterocycles. The SMILES string of the molecule is COC(=O)c1ncn2c1C(=O)N(Cc1ccc(F)cc1)[C@@](C)(C(=O)NC1CCCCCC1)C2. The van der Waals surface area contributed by atoms with Crippen LogP contribution in [0.3, 0.4) is 0 Å². The van der Waals surface area contributed by atoms with Crippen LogP contribution in [0, 0.1) is 5.82 Å². The van der Waals surface area contributed by atoms with E-state index >= 15 is 0 Å².